The highest BCUT2D eigenvalue weighted by molar-refractivity contribution is 7.79. The van der Waals surface area contributed by atoms with Crippen molar-refractivity contribution >= 4 is 16.4 Å². The number of hydrogen-bond acceptors (Lipinski definition) is 6. The summed E-state index contributed by atoms with van der Waals surface area (Å²) in [4.78, 5) is 12.4. The average molecular weight is 540 g/mol. The van der Waals surface area contributed by atoms with Crippen LogP contribution in [-0.4, -0.2) is 54.4 Å². The molecule has 36 heavy (non-hydrogen) atoms. The molecule has 0 aliphatic carbocycles. The molecule has 9 heteroatoms. The Morgan fingerprint density at radius 2 is 1.11 bits per heavy atom. The molecule has 0 rings (SSSR count). The van der Waals surface area contributed by atoms with Crippen molar-refractivity contribution < 1.29 is 32.2 Å². The van der Waals surface area contributed by atoms with Crippen molar-refractivity contribution in [3.63, 3.8) is 0 Å². The zero-order valence-corrected chi connectivity index (χ0v) is 24.0. The van der Waals surface area contributed by atoms with E-state index in [1.165, 1.54) is 89.9 Å². The molecule has 8 nitrogen and oxygen atoms in total. The van der Waals surface area contributed by atoms with Crippen LogP contribution in [0.4, 0.5) is 0 Å². The second kappa shape index (κ2) is 28.8. The highest BCUT2D eigenvalue weighted by atomic mass is 32.3. The van der Waals surface area contributed by atoms with Crippen molar-refractivity contribution in [1.29, 1.82) is 0 Å². The molecule has 0 amide bonds. The molecule has 0 spiro atoms. The fourth-order valence-electron chi connectivity index (χ4n) is 4.07. The highest BCUT2D eigenvalue weighted by Gasteiger charge is 2.14. The second-order valence-corrected chi connectivity index (χ2v) is 10.6. The monoisotopic (exact) mass is 539 g/mol. The van der Waals surface area contributed by atoms with Gasteiger partial charge in [-0.05, 0) is 45.1 Å². The normalized spacial score (nSPS) is 11.4. The predicted octanol–water partition coefficient (Wildman–Crippen LogP) is 6.67. The maximum Gasteiger partial charge on any atom is 0.394 e. The Morgan fingerprint density at radius 1 is 0.694 bits per heavy atom. The molecule has 218 valence electrons. The van der Waals surface area contributed by atoms with E-state index in [1.54, 1.807) is 0 Å². The lowest BCUT2D eigenvalue weighted by Gasteiger charge is -2.18. The molecule has 0 aromatic rings. The molecule has 0 fully saturated rings. The molecule has 4 N–H and O–H groups in total. The first kappa shape index (κ1) is 37.4. The molecule has 0 bridgehead atoms. The molecule has 0 aliphatic rings. The molecule has 0 radical (unpaired) electrons. The van der Waals surface area contributed by atoms with Crippen LogP contribution in [0.15, 0.2) is 0 Å². The Kier molecular flexibility index (Phi) is 30.0. The maximum absolute atomic E-state index is 12.4. The van der Waals surface area contributed by atoms with Crippen LogP contribution in [-0.2, 0) is 19.9 Å². The number of unbranched alkanes of at least 4 members (excludes halogenated alkanes) is 14. The van der Waals surface area contributed by atoms with Crippen LogP contribution in [0.1, 0.15) is 142 Å². The zero-order valence-electron chi connectivity index (χ0n) is 23.2. The number of nitrogens with one attached hydrogen (secondary N) is 1. The van der Waals surface area contributed by atoms with Crippen molar-refractivity contribution in [2.45, 2.75) is 148 Å². The van der Waals surface area contributed by atoms with Gasteiger partial charge in [-0.2, -0.15) is 8.42 Å². The van der Waals surface area contributed by atoms with E-state index in [0.29, 0.717) is 13.0 Å². The Hall–Kier alpha value is -0.740. The first-order valence-electron chi connectivity index (χ1n) is 14.5. The van der Waals surface area contributed by atoms with Gasteiger partial charge in [0.2, 0.25) is 0 Å². The minimum Gasteiger partial charge on any atom is -0.462 e. The average Bonchev–Trinajstić information content (AvgIpc) is 2.81. The molecule has 0 unspecified atom stereocenters. The van der Waals surface area contributed by atoms with E-state index in [2.05, 4.69) is 19.2 Å². The molecule has 0 atom stereocenters. The van der Waals surface area contributed by atoms with Crippen molar-refractivity contribution in [3.05, 3.63) is 0 Å². The first-order chi connectivity index (χ1) is 17.2. The van der Waals surface area contributed by atoms with E-state index in [9.17, 15) is 4.79 Å². The number of aliphatic hydroxyl groups is 1. The third-order valence-corrected chi connectivity index (χ3v) is 6.08. The third-order valence-electron chi connectivity index (χ3n) is 6.08. The van der Waals surface area contributed by atoms with Crippen LogP contribution >= 0.6 is 0 Å². The van der Waals surface area contributed by atoms with Gasteiger partial charge in [0.15, 0.2) is 0 Å². The molecule has 0 heterocycles. The van der Waals surface area contributed by atoms with Gasteiger partial charge in [-0.1, -0.05) is 97.3 Å². The summed E-state index contributed by atoms with van der Waals surface area (Å²) < 4.78 is 37.5. The highest BCUT2D eigenvalue weighted by Crippen LogP contribution is 2.18. The summed E-state index contributed by atoms with van der Waals surface area (Å²) in [6, 6.07) is 0. The van der Waals surface area contributed by atoms with Crippen molar-refractivity contribution in [1.82, 2.24) is 5.32 Å². The van der Waals surface area contributed by atoms with Gasteiger partial charge < -0.3 is 15.2 Å². The van der Waals surface area contributed by atoms with Crippen molar-refractivity contribution in [2.75, 3.05) is 19.7 Å². The van der Waals surface area contributed by atoms with E-state index in [0.717, 1.165) is 38.6 Å². The molecule has 0 aromatic carbocycles. The van der Waals surface area contributed by atoms with E-state index in [1.807, 2.05) is 0 Å². The lowest BCUT2D eigenvalue weighted by atomic mass is 10.0. The molecule has 0 aromatic heterocycles. The van der Waals surface area contributed by atoms with Crippen molar-refractivity contribution in [3.8, 4) is 0 Å². The van der Waals surface area contributed by atoms with Gasteiger partial charge in [-0.25, -0.2) is 0 Å². The lowest BCUT2D eigenvalue weighted by molar-refractivity contribution is -0.150. The zero-order chi connectivity index (χ0) is 27.3. The van der Waals surface area contributed by atoms with E-state index in [-0.39, 0.29) is 18.7 Å². The van der Waals surface area contributed by atoms with Gasteiger partial charge >= 0.3 is 16.4 Å². The van der Waals surface area contributed by atoms with Crippen molar-refractivity contribution in [2.24, 2.45) is 0 Å². The number of ether oxygens (including phenoxy) is 1. The minimum atomic E-state index is -4.67. The van der Waals surface area contributed by atoms with Crippen LogP contribution in [0.3, 0.4) is 0 Å². The van der Waals surface area contributed by atoms with Gasteiger partial charge in [0.1, 0.15) is 6.10 Å². The van der Waals surface area contributed by atoms with Gasteiger partial charge in [-0.3, -0.25) is 13.9 Å². The first-order valence-corrected chi connectivity index (χ1v) is 15.8. The molecule has 0 saturated heterocycles. The summed E-state index contributed by atoms with van der Waals surface area (Å²) in [6.07, 6.45) is 23.9. The standard InChI is InChI=1S/C27H55NO3.H2O4S/c1-3-5-7-9-12-16-20-26(21-17-13-10-8-6-4-2)31-27(30)22-18-14-11-15-19-23-28-24-25-29;1-5(2,3)4/h26,28-29H,3-25H2,1-2H3;(H2,1,2,3,4). The number of carbonyl (C=O) groups is 1. The van der Waals surface area contributed by atoms with Crippen LogP contribution in [0.25, 0.3) is 0 Å². The quantitative estimate of drug-likeness (QED) is 0.0574. The summed E-state index contributed by atoms with van der Waals surface area (Å²) in [7, 11) is -4.67. The van der Waals surface area contributed by atoms with Crippen LogP contribution < -0.4 is 5.32 Å². The Labute approximate surface area is 221 Å². The Bertz CT molecular complexity index is 534. The lowest BCUT2D eigenvalue weighted by Crippen LogP contribution is -2.19. The summed E-state index contributed by atoms with van der Waals surface area (Å²) in [5, 5.41) is 11.9. The number of hydrogen-bond donors (Lipinski definition) is 4. The van der Waals surface area contributed by atoms with Crippen LogP contribution in [0, 0.1) is 0 Å². The summed E-state index contributed by atoms with van der Waals surface area (Å²) in [5.41, 5.74) is 0. The summed E-state index contributed by atoms with van der Waals surface area (Å²) in [5.74, 6) is 0.0200. The van der Waals surface area contributed by atoms with Crippen LogP contribution in [0.2, 0.25) is 0 Å². The fraction of sp³-hybridized carbons (Fsp3) is 0.963. The summed E-state index contributed by atoms with van der Waals surface area (Å²) >= 11 is 0. The third kappa shape index (κ3) is 37.8. The topological polar surface area (TPSA) is 133 Å². The number of rotatable bonds is 25. The molecular weight excluding hydrogens is 482 g/mol. The van der Waals surface area contributed by atoms with E-state index >= 15 is 0 Å². The van der Waals surface area contributed by atoms with Crippen LogP contribution in [0.5, 0.6) is 0 Å². The SMILES string of the molecule is CCCCCCCCC(CCCCCCCC)OC(=O)CCCCCCCNCCO.O=S(=O)(O)O. The number of aliphatic hydroxyl groups excluding tert-OH is 1. The van der Waals surface area contributed by atoms with Gasteiger partial charge in [0.05, 0.1) is 6.61 Å². The van der Waals surface area contributed by atoms with Gasteiger partial charge in [-0.15, -0.1) is 0 Å². The van der Waals surface area contributed by atoms with E-state index in [4.69, 9.17) is 27.4 Å². The minimum absolute atomic E-state index is 0.0200. The number of esters is 1. The molecule has 0 aliphatic heterocycles. The largest absolute Gasteiger partial charge is 0.462 e. The smallest absolute Gasteiger partial charge is 0.394 e. The second-order valence-electron chi connectivity index (χ2n) is 9.66. The van der Waals surface area contributed by atoms with Gasteiger partial charge in [0.25, 0.3) is 0 Å². The van der Waals surface area contributed by atoms with Gasteiger partial charge in [0, 0.05) is 13.0 Å². The fourth-order valence-corrected chi connectivity index (χ4v) is 4.07. The number of carbonyl (C=O) groups excluding carboxylic acids is 1. The predicted molar refractivity (Wildman–Crippen MR) is 148 cm³/mol. The molecule has 0 saturated carbocycles. The Morgan fingerprint density at radius 3 is 1.58 bits per heavy atom. The van der Waals surface area contributed by atoms with E-state index < -0.39 is 10.4 Å². The summed E-state index contributed by atoms with van der Waals surface area (Å²) in [6.45, 7) is 6.38. The maximum atomic E-state index is 12.4. The molecular formula is C27H57NO7S. The Balaban J connectivity index is 0.